The maximum atomic E-state index is 12.9. The Labute approximate surface area is 146 Å². The predicted octanol–water partition coefficient (Wildman–Crippen LogP) is 2.21. The lowest BCUT2D eigenvalue weighted by Crippen LogP contribution is -2.22. The van der Waals surface area contributed by atoms with Crippen molar-refractivity contribution in [2.75, 3.05) is 27.2 Å². The summed E-state index contributed by atoms with van der Waals surface area (Å²) in [6.07, 6.45) is 1.83. The zero-order valence-electron chi connectivity index (χ0n) is 14.9. The van der Waals surface area contributed by atoms with Gasteiger partial charge in [-0.05, 0) is 46.0 Å². The second kappa shape index (κ2) is 6.88. The van der Waals surface area contributed by atoms with Crippen molar-refractivity contribution in [3.63, 3.8) is 0 Å². The first-order valence-electron chi connectivity index (χ1n) is 8.56. The number of pyridine rings is 1. The minimum Gasteiger partial charge on any atom is -0.490 e. The molecule has 6 heteroatoms. The van der Waals surface area contributed by atoms with Gasteiger partial charge in [0.2, 0.25) is 0 Å². The number of fused-ring (bicyclic) bond motifs is 1. The summed E-state index contributed by atoms with van der Waals surface area (Å²) >= 11 is 0. The van der Waals surface area contributed by atoms with Crippen LogP contribution in [0.3, 0.4) is 0 Å². The number of benzene rings is 1. The van der Waals surface area contributed by atoms with E-state index in [4.69, 9.17) is 4.74 Å². The Morgan fingerprint density at radius 2 is 2.08 bits per heavy atom. The lowest BCUT2D eigenvalue weighted by molar-refractivity contribution is -0.136. The molecule has 0 saturated heterocycles. The highest BCUT2D eigenvalue weighted by Gasteiger charge is 2.29. The molecule has 1 fully saturated rings. The van der Waals surface area contributed by atoms with E-state index < -0.39 is 5.97 Å². The van der Waals surface area contributed by atoms with Crippen LogP contribution < -0.4 is 10.2 Å². The summed E-state index contributed by atoms with van der Waals surface area (Å²) in [5, 5.41) is 9.72. The maximum Gasteiger partial charge on any atom is 0.308 e. The number of hydrogen-bond donors (Lipinski definition) is 1. The molecule has 6 nitrogen and oxygen atoms in total. The van der Waals surface area contributed by atoms with Gasteiger partial charge in [-0.2, -0.15) is 0 Å². The molecule has 1 aliphatic rings. The summed E-state index contributed by atoms with van der Waals surface area (Å²) < 4.78 is 8.07. The highest BCUT2D eigenvalue weighted by atomic mass is 16.5. The van der Waals surface area contributed by atoms with Crippen LogP contribution >= 0.6 is 0 Å². The van der Waals surface area contributed by atoms with Gasteiger partial charge in [-0.1, -0.05) is 6.07 Å². The summed E-state index contributed by atoms with van der Waals surface area (Å²) in [4.78, 5) is 26.1. The van der Waals surface area contributed by atoms with Crippen molar-refractivity contribution in [3.05, 3.63) is 39.7 Å². The van der Waals surface area contributed by atoms with Gasteiger partial charge in [0.15, 0.2) is 5.43 Å². The molecule has 1 aromatic carbocycles. The lowest BCUT2D eigenvalue weighted by Gasteiger charge is -2.20. The molecular formula is C19H24N2O4. The number of ether oxygens (including phenoxy) is 1. The van der Waals surface area contributed by atoms with Crippen LogP contribution in [-0.2, 0) is 11.2 Å². The minimum atomic E-state index is -0.986. The summed E-state index contributed by atoms with van der Waals surface area (Å²) in [7, 11) is 3.96. The molecular weight excluding hydrogens is 320 g/mol. The van der Waals surface area contributed by atoms with Crippen molar-refractivity contribution >= 4 is 16.9 Å². The van der Waals surface area contributed by atoms with Gasteiger partial charge < -0.3 is 19.3 Å². The molecule has 0 amide bonds. The SMILES string of the molecule is Cc1c(CC(=O)O)c(=O)c2cccc(OCCN(C)C)c2n1C1CC1. The molecule has 1 heterocycles. The molecule has 0 unspecified atom stereocenters. The highest BCUT2D eigenvalue weighted by molar-refractivity contribution is 5.87. The quantitative estimate of drug-likeness (QED) is 0.834. The molecule has 3 rings (SSSR count). The van der Waals surface area contributed by atoms with E-state index in [9.17, 15) is 14.7 Å². The zero-order chi connectivity index (χ0) is 18.1. The van der Waals surface area contributed by atoms with Crippen molar-refractivity contribution < 1.29 is 14.6 Å². The van der Waals surface area contributed by atoms with Crippen LogP contribution in [0.1, 0.15) is 30.1 Å². The Morgan fingerprint density at radius 3 is 2.68 bits per heavy atom. The van der Waals surface area contributed by atoms with Crippen LogP contribution in [0, 0.1) is 6.92 Å². The molecule has 134 valence electrons. The van der Waals surface area contributed by atoms with E-state index in [-0.39, 0.29) is 11.8 Å². The summed E-state index contributed by atoms with van der Waals surface area (Å²) in [6.45, 7) is 3.15. The number of carboxylic acid groups (broad SMARTS) is 1. The van der Waals surface area contributed by atoms with Crippen LogP contribution in [0.15, 0.2) is 23.0 Å². The van der Waals surface area contributed by atoms with Gasteiger partial charge in [-0.25, -0.2) is 0 Å². The van der Waals surface area contributed by atoms with Crippen LogP contribution in [0.25, 0.3) is 10.9 Å². The van der Waals surface area contributed by atoms with Gasteiger partial charge in [-0.3, -0.25) is 9.59 Å². The third-order valence-electron chi connectivity index (χ3n) is 4.59. The van der Waals surface area contributed by atoms with Gasteiger partial charge in [0, 0.05) is 29.2 Å². The summed E-state index contributed by atoms with van der Waals surface area (Å²) in [5.74, 6) is -0.298. The standard InChI is InChI=1S/C19H24N2O4/c1-12-15(11-17(22)23)19(24)14-5-4-6-16(25-10-9-20(2)3)18(14)21(12)13-7-8-13/h4-6,13H,7-11H2,1-3H3,(H,22,23). The Morgan fingerprint density at radius 1 is 1.36 bits per heavy atom. The zero-order valence-corrected chi connectivity index (χ0v) is 14.9. The van der Waals surface area contributed by atoms with Crippen molar-refractivity contribution in [2.45, 2.75) is 32.2 Å². The topological polar surface area (TPSA) is 71.8 Å². The Kier molecular flexibility index (Phi) is 4.81. The number of likely N-dealkylation sites (N-methyl/N-ethyl adjacent to an activating group) is 1. The molecule has 25 heavy (non-hydrogen) atoms. The van der Waals surface area contributed by atoms with Crippen molar-refractivity contribution in [3.8, 4) is 5.75 Å². The lowest BCUT2D eigenvalue weighted by atomic mass is 10.0. The first-order chi connectivity index (χ1) is 11.9. The molecule has 0 atom stereocenters. The predicted molar refractivity (Wildman–Crippen MR) is 96.6 cm³/mol. The third-order valence-corrected chi connectivity index (χ3v) is 4.59. The first kappa shape index (κ1) is 17.5. The average Bonchev–Trinajstić information content (AvgIpc) is 3.36. The molecule has 1 aromatic heterocycles. The number of nitrogens with zero attached hydrogens (tertiary/aromatic N) is 2. The van der Waals surface area contributed by atoms with E-state index in [1.807, 2.05) is 32.0 Å². The van der Waals surface area contributed by atoms with Crippen LogP contribution in [-0.4, -0.2) is 47.8 Å². The largest absolute Gasteiger partial charge is 0.490 e. The van der Waals surface area contributed by atoms with Crippen molar-refractivity contribution in [1.29, 1.82) is 0 Å². The third kappa shape index (κ3) is 3.54. The highest BCUT2D eigenvalue weighted by Crippen LogP contribution is 2.40. The molecule has 0 bridgehead atoms. The van der Waals surface area contributed by atoms with Gasteiger partial charge >= 0.3 is 5.97 Å². The second-order valence-corrected chi connectivity index (χ2v) is 6.87. The number of para-hydroxylation sites is 1. The second-order valence-electron chi connectivity index (χ2n) is 6.87. The summed E-state index contributed by atoms with van der Waals surface area (Å²) in [6, 6.07) is 5.76. The normalized spacial score (nSPS) is 14.2. The number of aliphatic carboxylic acids is 1. The smallest absolute Gasteiger partial charge is 0.308 e. The van der Waals surface area contributed by atoms with Crippen LogP contribution in [0.5, 0.6) is 5.75 Å². The summed E-state index contributed by atoms with van der Waals surface area (Å²) in [5.41, 5.74) is 1.70. The van der Waals surface area contributed by atoms with Gasteiger partial charge in [0.05, 0.1) is 11.9 Å². The van der Waals surface area contributed by atoms with Crippen molar-refractivity contribution in [1.82, 2.24) is 9.47 Å². The minimum absolute atomic E-state index is 0.204. The van der Waals surface area contributed by atoms with Crippen molar-refractivity contribution in [2.24, 2.45) is 0 Å². The maximum absolute atomic E-state index is 12.9. The Balaban J connectivity index is 2.17. The van der Waals surface area contributed by atoms with E-state index in [0.29, 0.717) is 29.3 Å². The van der Waals surface area contributed by atoms with Gasteiger partial charge in [0.1, 0.15) is 12.4 Å². The monoisotopic (exact) mass is 344 g/mol. The number of aromatic nitrogens is 1. The van der Waals surface area contributed by atoms with E-state index in [1.165, 1.54) is 0 Å². The number of carbonyl (C=O) groups is 1. The molecule has 1 N–H and O–H groups in total. The van der Waals surface area contributed by atoms with Gasteiger partial charge in [-0.15, -0.1) is 0 Å². The Bertz CT molecular complexity index is 866. The van der Waals surface area contributed by atoms with E-state index in [0.717, 1.165) is 30.6 Å². The van der Waals surface area contributed by atoms with Crippen LogP contribution in [0.2, 0.25) is 0 Å². The van der Waals surface area contributed by atoms with E-state index in [2.05, 4.69) is 4.57 Å². The first-order valence-corrected chi connectivity index (χ1v) is 8.56. The van der Waals surface area contributed by atoms with E-state index >= 15 is 0 Å². The fourth-order valence-electron chi connectivity index (χ4n) is 3.20. The van der Waals surface area contributed by atoms with Crippen LogP contribution in [0.4, 0.5) is 0 Å². The number of rotatable bonds is 7. The molecule has 0 aliphatic heterocycles. The number of hydrogen-bond acceptors (Lipinski definition) is 4. The fourth-order valence-corrected chi connectivity index (χ4v) is 3.20. The van der Waals surface area contributed by atoms with Gasteiger partial charge in [0.25, 0.3) is 0 Å². The molecule has 0 spiro atoms. The Hall–Kier alpha value is -2.34. The molecule has 2 aromatic rings. The van der Waals surface area contributed by atoms with E-state index in [1.54, 1.807) is 12.1 Å². The molecule has 1 aliphatic carbocycles. The number of carboxylic acids is 1. The molecule has 0 radical (unpaired) electrons. The fraction of sp³-hybridized carbons (Fsp3) is 0.474. The molecule has 1 saturated carbocycles. The average molecular weight is 344 g/mol.